The topological polar surface area (TPSA) is 104 Å². The van der Waals surface area contributed by atoms with E-state index in [2.05, 4.69) is 15.5 Å². The molecule has 0 saturated heterocycles. The maximum atomic E-state index is 12.3. The fraction of sp³-hybridized carbons (Fsp3) is 0.294. The Labute approximate surface area is 148 Å². The van der Waals surface area contributed by atoms with Crippen LogP contribution in [0.5, 0.6) is 5.88 Å². The number of fused-ring (bicyclic) bond motifs is 1. The highest BCUT2D eigenvalue weighted by Crippen LogP contribution is 2.21. The molecule has 1 amide bonds. The van der Waals surface area contributed by atoms with Crippen molar-refractivity contribution in [2.24, 2.45) is 0 Å². The van der Waals surface area contributed by atoms with E-state index in [4.69, 9.17) is 9.15 Å². The van der Waals surface area contributed by atoms with Crippen LogP contribution in [0.4, 0.5) is 0 Å². The highest BCUT2D eigenvalue weighted by molar-refractivity contribution is 5.96. The smallest absolute Gasteiger partial charge is 0.266 e. The van der Waals surface area contributed by atoms with E-state index < -0.39 is 0 Å². The lowest BCUT2D eigenvalue weighted by Gasteiger charge is -2.15. The monoisotopic (exact) mass is 355 g/mol. The summed E-state index contributed by atoms with van der Waals surface area (Å²) in [5.41, 5.74) is 0.704. The number of rotatable bonds is 5. The van der Waals surface area contributed by atoms with Crippen molar-refractivity contribution in [2.45, 2.75) is 19.5 Å². The molecule has 0 fully saturated rings. The van der Waals surface area contributed by atoms with E-state index in [1.165, 1.54) is 16.9 Å². The summed E-state index contributed by atoms with van der Waals surface area (Å²) in [6.45, 7) is 1.80. The lowest BCUT2D eigenvalue weighted by atomic mass is 10.3. The van der Waals surface area contributed by atoms with Gasteiger partial charge in [-0.05, 0) is 18.2 Å². The average molecular weight is 355 g/mol. The van der Waals surface area contributed by atoms with Crippen LogP contribution in [-0.2, 0) is 13.1 Å². The van der Waals surface area contributed by atoms with Gasteiger partial charge in [-0.3, -0.25) is 9.59 Å². The molecule has 1 aliphatic heterocycles. The van der Waals surface area contributed by atoms with Crippen LogP contribution in [-0.4, -0.2) is 38.6 Å². The van der Waals surface area contributed by atoms with Crippen LogP contribution < -0.4 is 15.6 Å². The van der Waals surface area contributed by atoms with Gasteiger partial charge in [0.2, 0.25) is 5.88 Å². The van der Waals surface area contributed by atoms with E-state index >= 15 is 0 Å². The third-order valence-electron chi connectivity index (χ3n) is 4.04. The lowest BCUT2D eigenvalue weighted by Crippen LogP contribution is -2.32. The van der Waals surface area contributed by atoms with Gasteiger partial charge in [-0.2, -0.15) is 10.2 Å². The Hall–Kier alpha value is -3.36. The van der Waals surface area contributed by atoms with Crippen LogP contribution in [0.1, 0.15) is 16.8 Å². The number of nitrogens with one attached hydrogen (secondary N) is 1. The summed E-state index contributed by atoms with van der Waals surface area (Å²) in [5.74, 6) is 0.777. The van der Waals surface area contributed by atoms with Crippen LogP contribution in [0, 0.1) is 0 Å². The Bertz CT molecular complexity index is 973. The Morgan fingerprint density at radius 3 is 3.08 bits per heavy atom. The van der Waals surface area contributed by atoms with E-state index in [-0.39, 0.29) is 24.6 Å². The molecule has 0 saturated carbocycles. The standard InChI is InChI=1S/C17H17N5O4/c23-15-5-4-13(14-3-1-9-25-14)20-21(15)8-6-18-16(24)12-11-19-22-7-2-10-26-17(12)22/h1,3-5,9,11H,2,6-8,10H2,(H,18,24). The maximum absolute atomic E-state index is 12.3. The van der Waals surface area contributed by atoms with Gasteiger partial charge >= 0.3 is 0 Å². The third kappa shape index (κ3) is 3.10. The Morgan fingerprint density at radius 1 is 1.31 bits per heavy atom. The van der Waals surface area contributed by atoms with Gasteiger partial charge in [-0.15, -0.1) is 0 Å². The van der Waals surface area contributed by atoms with E-state index in [0.717, 1.165) is 13.0 Å². The Kier molecular flexibility index (Phi) is 4.26. The normalized spacial score (nSPS) is 13.1. The summed E-state index contributed by atoms with van der Waals surface area (Å²) in [7, 11) is 0. The minimum absolute atomic E-state index is 0.240. The fourth-order valence-corrected chi connectivity index (χ4v) is 2.76. The molecule has 1 N–H and O–H groups in total. The zero-order valence-electron chi connectivity index (χ0n) is 13.9. The van der Waals surface area contributed by atoms with Crippen LogP contribution >= 0.6 is 0 Å². The molecule has 3 aromatic rings. The summed E-state index contributed by atoms with van der Waals surface area (Å²) < 4.78 is 13.8. The number of aryl methyl sites for hydroxylation is 1. The lowest BCUT2D eigenvalue weighted by molar-refractivity contribution is 0.0945. The van der Waals surface area contributed by atoms with E-state index in [1.54, 1.807) is 29.1 Å². The number of amides is 1. The molecule has 0 aliphatic carbocycles. The van der Waals surface area contributed by atoms with Gasteiger partial charge in [-0.1, -0.05) is 0 Å². The molecule has 0 bridgehead atoms. The van der Waals surface area contributed by atoms with Crippen molar-refractivity contribution >= 4 is 5.91 Å². The van der Waals surface area contributed by atoms with Crippen molar-refractivity contribution in [2.75, 3.05) is 13.2 Å². The van der Waals surface area contributed by atoms with E-state index in [1.807, 2.05) is 0 Å². The molecule has 0 spiro atoms. The van der Waals surface area contributed by atoms with E-state index in [9.17, 15) is 9.59 Å². The molecule has 0 unspecified atom stereocenters. The predicted octanol–water partition coefficient (Wildman–Crippen LogP) is 0.912. The van der Waals surface area contributed by atoms with E-state index in [0.29, 0.717) is 29.5 Å². The van der Waals surface area contributed by atoms with Crippen molar-refractivity contribution in [3.8, 4) is 17.3 Å². The average Bonchev–Trinajstić information content (AvgIpc) is 3.33. The fourth-order valence-electron chi connectivity index (χ4n) is 2.76. The molecular formula is C17H17N5O4. The SMILES string of the molecule is O=C(NCCn1nc(-c2ccco2)ccc1=O)c1cnn2c1OCCC2. The largest absolute Gasteiger partial charge is 0.477 e. The molecule has 9 heteroatoms. The number of carbonyl (C=O) groups excluding carboxylic acids is 1. The number of furan rings is 1. The van der Waals surface area contributed by atoms with Crippen LogP contribution in [0.3, 0.4) is 0 Å². The second-order valence-corrected chi connectivity index (χ2v) is 5.80. The minimum Gasteiger partial charge on any atom is -0.477 e. The molecule has 0 radical (unpaired) electrons. The van der Waals surface area contributed by atoms with Gasteiger partial charge in [0.15, 0.2) is 5.76 Å². The molecule has 0 aromatic carbocycles. The van der Waals surface area contributed by atoms with Crippen LogP contribution in [0.25, 0.3) is 11.5 Å². The van der Waals surface area contributed by atoms with Gasteiger partial charge in [0, 0.05) is 25.6 Å². The molecule has 26 heavy (non-hydrogen) atoms. The second kappa shape index (κ2) is 6.87. The quantitative estimate of drug-likeness (QED) is 0.730. The van der Waals surface area contributed by atoms with Crippen LogP contribution in [0.2, 0.25) is 0 Å². The Morgan fingerprint density at radius 2 is 2.23 bits per heavy atom. The summed E-state index contributed by atoms with van der Waals surface area (Å²) in [4.78, 5) is 24.3. The van der Waals surface area contributed by atoms with Gasteiger partial charge in [0.25, 0.3) is 11.5 Å². The number of hydrogen-bond donors (Lipinski definition) is 1. The molecule has 9 nitrogen and oxygen atoms in total. The van der Waals surface area contributed by atoms with Crippen molar-refractivity contribution in [3.05, 3.63) is 52.6 Å². The van der Waals surface area contributed by atoms with Gasteiger partial charge in [0.1, 0.15) is 11.3 Å². The highest BCUT2D eigenvalue weighted by Gasteiger charge is 2.21. The molecule has 0 atom stereocenters. The number of carbonyl (C=O) groups is 1. The minimum atomic E-state index is -0.289. The van der Waals surface area contributed by atoms with Gasteiger partial charge < -0.3 is 14.5 Å². The first-order valence-corrected chi connectivity index (χ1v) is 8.31. The first-order chi connectivity index (χ1) is 12.7. The van der Waals surface area contributed by atoms with Gasteiger partial charge in [0.05, 0.1) is 25.6 Å². The molecule has 3 aromatic heterocycles. The van der Waals surface area contributed by atoms with Crippen molar-refractivity contribution in [1.29, 1.82) is 0 Å². The molecule has 1 aliphatic rings. The Balaban J connectivity index is 1.42. The summed E-state index contributed by atoms with van der Waals surface area (Å²) in [6, 6.07) is 6.55. The number of aromatic nitrogens is 4. The van der Waals surface area contributed by atoms with Gasteiger partial charge in [-0.25, -0.2) is 9.36 Å². The summed E-state index contributed by atoms with van der Waals surface area (Å²) in [6.07, 6.45) is 3.91. The second-order valence-electron chi connectivity index (χ2n) is 5.80. The van der Waals surface area contributed by atoms with Crippen molar-refractivity contribution in [3.63, 3.8) is 0 Å². The maximum Gasteiger partial charge on any atom is 0.266 e. The van der Waals surface area contributed by atoms with Crippen LogP contribution in [0.15, 0.2) is 45.9 Å². The number of ether oxygens (including phenoxy) is 1. The molecular weight excluding hydrogens is 338 g/mol. The van der Waals surface area contributed by atoms with Crippen molar-refractivity contribution < 1.29 is 13.9 Å². The zero-order valence-corrected chi connectivity index (χ0v) is 13.9. The summed E-state index contributed by atoms with van der Waals surface area (Å²) >= 11 is 0. The zero-order chi connectivity index (χ0) is 17.9. The number of hydrogen-bond acceptors (Lipinski definition) is 6. The van der Waals surface area contributed by atoms with Crippen molar-refractivity contribution in [1.82, 2.24) is 24.9 Å². The molecule has 4 rings (SSSR count). The third-order valence-corrected chi connectivity index (χ3v) is 4.04. The highest BCUT2D eigenvalue weighted by atomic mass is 16.5. The molecule has 134 valence electrons. The first-order valence-electron chi connectivity index (χ1n) is 8.31. The molecule has 4 heterocycles. The summed E-state index contributed by atoms with van der Waals surface area (Å²) in [5, 5.41) is 11.2. The first kappa shape index (κ1) is 16.1. The number of nitrogens with zero attached hydrogens (tertiary/aromatic N) is 4. The predicted molar refractivity (Wildman–Crippen MR) is 90.9 cm³/mol.